The molecule has 1 aliphatic heterocycles. The third-order valence-corrected chi connectivity index (χ3v) is 2.44. The molecule has 1 atom stereocenters. The quantitative estimate of drug-likeness (QED) is 0.510. The fourth-order valence-corrected chi connectivity index (χ4v) is 1.61. The topological polar surface area (TPSA) is 26.3 Å². The van der Waals surface area contributed by atoms with Gasteiger partial charge in [0.1, 0.15) is 6.10 Å². The predicted molar refractivity (Wildman–Crippen MR) is 48.2 cm³/mol. The van der Waals surface area contributed by atoms with Crippen LogP contribution in [0.25, 0.3) is 0 Å². The molecule has 1 fully saturated rings. The van der Waals surface area contributed by atoms with Gasteiger partial charge in [-0.3, -0.25) is 0 Å². The molecule has 2 nitrogen and oxygen atoms in total. The normalized spacial score (nSPS) is 25.1. The molecule has 0 saturated carbocycles. The van der Waals surface area contributed by atoms with Crippen molar-refractivity contribution in [3.8, 4) is 0 Å². The van der Waals surface area contributed by atoms with Gasteiger partial charge in [-0.2, -0.15) is 8.78 Å². The van der Waals surface area contributed by atoms with Crippen molar-refractivity contribution in [1.82, 2.24) is 0 Å². The first-order valence-electron chi connectivity index (χ1n) is 5.15. The molecule has 0 radical (unpaired) electrons. The first-order valence-corrected chi connectivity index (χ1v) is 5.15. The second-order valence-electron chi connectivity index (χ2n) is 3.79. The monoisotopic (exact) mass is 206 g/mol. The molecule has 0 amide bonds. The van der Waals surface area contributed by atoms with E-state index < -0.39 is 24.4 Å². The fraction of sp³-hybridized carbons (Fsp3) is 0.900. The van der Waals surface area contributed by atoms with Gasteiger partial charge < -0.3 is 4.74 Å². The Bertz CT molecular complexity index is 204. The highest BCUT2D eigenvalue weighted by molar-refractivity contribution is 5.79. The van der Waals surface area contributed by atoms with Crippen LogP contribution in [0.5, 0.6) is 0 Å². The van der Waals surface area contributed by atoms with Crippen LogP contribution in [0.2, 0.25) is 0 Å². The van der Waals surface area contributed by atoms with Crippen LogP contribution < -0.4 is 0 Å². The summed E-state index contributed by atoms with van der Waals surface area (Å²) >= 11 is 0. The second-order valence-corrected chi connectivity index (χ2v) is 3.79. The van der Waals surface area contributed by atoms with Gasteiger partial charge in [-0.25, -0.2) is 4.79 Å². The molecule has 1 saturated heterocycles. The van der Waals surface area contributed by atoms with Gasteiger partial charge in [-0.1, -0.05) is 26.2 Å². The molecular formula is C10H16F2O2. The Balaban J connectivity index is 2.19. The van der Waals surface area contributed by atoms with Crippen molar-refractivity contribution in [2.75, 3.05) is 0 Å². The highest BCUT2D eigenvalue weighted by Crippen LogP contribution is 2.32. The van der Waals surface area contributed by atoms with Crippen molar-refractivity contribution in [2.45, 2.75) is 57.5 Å². The number of hydrogen-bond acceptors (Lipinski definition) is 2. The number of unbranched alkanes of at least 4 members (excludes halogenated alkanes) is 3. The van der Waals surface area contributed by atoms with Crippen LogP contribution >= 0.6 is 0 Å². The lowest BCUT2D eigenvalue weighted by Gasteiger charge is -2.06. The smallest absolute Gasteiger partial charge is 0.377 e. The molecule has 0 aliphatic carbocycles. The number of hydrogen-bond donors (Lipinski definition) is 0. The van der Waals surface area contributed by atoms with Crippen LogP contribution in [0.4, 0.5) is 8.78 Å². The molecule has 0 N–H and O–H groups in total. The maximum atomic E-state index is 12.7. The van der Waals surface area contributed by atoms with Gasteiger partial charge in [0.15, 0.2) is 0 Å². The van der Waals surface area contributed by atoms with Crippen LogP contribution in [-0.4, -0.2) is 18.0 Å². The van der Waals surface area contributed by atoms with E-state index in [1.54, 1.807) is 0 Å². The lowest BCUT2D eigenvalue weighted by atomic mass is 10.1. The number of cyclic esters (lactones) is 1. The van der Waals surface area contributed by atoms with E-state index in [-0.39, 0.29) is 0 Å². The Hall–Kier alpha value is -0.670. The summed E-state index contributed by atoms with van der Waals surface area (Å²) in [7, 11) is 0. The highest BCUT2D eigenvalue weighted by atomic mass is 19.3. The van der Waals surface area contributed by atoms with E-state index in [1.165, 1.54) is 0 Å². The van der Waals surface area contributed by atoms with Gasteiger partial charge in [-0.15, -0.1) is 0 Å². The average Bonchev–Trinajstić information content (AvgIpc) is 2.35. The zero-order valence-electron chi connectivity index (χ0n) is 8.39. The SMILES string of the molecule is CCCCCCC1CC(F)(F)C(=O)O1. The molecule has 0 aromatic heterocycles. The van der Waals surface area contributed by atoms with Gasteiger partial charge in [0.2, 0.25) is 0 Å². The van der Waals surface area contributed by atoms with E-state index in [1.807, 2.05) is 0 Å². The Kier molecular flexibility index (Phi) is 3.84. The van der Waals surface area contributed by atoms with Crippen LogP contribution in [0.1, 0.15) is 45.4 Å². The lowest BCUT2D eigenvalue weighted by Crippen LogP contribution is -2.21. The Morgan fingerprint density at radius 3 is 2.64 bits per heavy atom. The summed E-state index contributed by atoms with van der Waals surface area (Å²) in [5.74, 6) is -4.59. The lowest BCUT2D eigenvalue weighted by molar-refractivity contribution is -0.159. The fourth-order valence-electron chi connectivity index (χ4n) is 1.61. The summed E-state index contributed by atoms with van der Waals surface area (Å²) in [6.45, 7) is 2.09. The largest absolute Gasteiger partial charge is 0.458 e. The molecule has 14 heavy (non-hydrogen) atoms. The Morgan fingerprint density at radius 2 is 2.14 bits per heavy atom. The summed E-state index contributed by atoms with van der Waals surface area (Å²) in [5, 5.41) is 0. The zero-order chi connectivity index (χ0) is 10.6. The van der Waals surface area contributed by atoms with Crippen molar-refractivity contribution in [2.24, 2.45) is 0 Å². The van der Waals surface area contributed by atoms with Gasteiger partial charge in [0.05, 0.1) is 6.42 Å². The van der Waals surface area contributed by atoms with Crippen LogP contribution in [0.3, 0.4) is 0 Å². The number of carbonyl (C=O) groups is 1. The summed E-state index contributed by atoms with van der Waals surface area (Å²) in [5.41, 5.74) is 0. The standard InChI is InChI=1S/C10H16F2O2/c1-2-3-4-5-6-8-7-10(11,12)9(13)14-8/h8H,2-7H2,1H3. The van der Waals surface area contributed by atoms with E-state index in [9.17, 15) is 13.6 Å². The van der Waals surface area contributed by atoms with Crippen LogP contribution in [0, 0.1) is 0 Å². The van der Waals surface area contributed by atoms with Crippen molar-refractivity contribution in [3.63, 3.8) is 0 Å². The molecule has 0 bridgehead atoms. The minimum absolute atomic E-state index is 0.433. The van der Waals surface area contributed by atoms with Gasteiger partial charge in [-0.05, 0) is 12.8 Å². The third-order valence-electron chi connectivity index (χ3n) is 2.44. The van der Waals surface area contributed by atoms with Crippen molar-refractivity contribution in [3.05, 3.63) is 0 Å². The molecular weight excluding hydrogens is 190 g/mol. The molecule has 0 aromatic rings. The van der Waals surface area contributed by atoms with Gasteiger partial charge in [0.25, 0.3) is 0 Å². The third kappa shape index (κ3) is 2.93. The number of carbonyl (C=O) groups excluding carboxylic acids is 1. The van der Waals surface area contributed by atoms with Crippen LogP contribution in [0.15, 0.2) is 0 Å². The maximum absolute atomic E-state index is 12.7. The Morgan fingerprint density at radius 1 is 1.43 bits per heavy atom. The number of ether oxygens (including phenoxy) is 1. The second kappa shape index (κ2) is 4.71. The van der Waals surface area contributed by atoms with Crippen LogP contribution in [-0.2, 0) is 9.53 Å². The molecule has 4 heteroatoms. The van der Waals surface area contributed by atoms with Crippen molar-refractivity contribution >= 4 is 5.97 Å². The summed E-state index contributed by atoms with van der Waals surface area (Å²) < 4.78 is 29.9. The van der Waals surface area contributed by atoms with Gasteiger partial charge in [0, 0.05) is 0 Å². The van der Waals surface area contributed by atoms with Gasteiger partial charge >= 0.3 is 11.9 Å². The summed E-state index contributed by atoms with van der Waals surface area (Å²) in [6.07, 6.45) is 3.68. The highest BCUT2D eigenvalue weighted by Gasteiger charge is 2.50. The number of rotatable bonds is 5. The van der Waals surface area contributed by atoms with E-state index in [0.717, 1.165) is 25.7 Å². The first kappa shape index (κ1) is 11.4. The van der Waals surface area contributed by atoms with E-state index in [2.05, 4.69) is 11.7 Å². The molecule has 0 spiro atoms. The molecule has 82 valence electrons. The van der Waals surface area contributed by atoms with E-state index in [0.29, 0.717) is 6.42 Å². The Labute approximate surface area is 82.6 Å². The number of esters is 1. The van der Waals surface area contributed by atoms with E-state index in [4.69, 9.17) is 0 Å². The molecule has 1 rings (SSSR count). The zero-order valence-corrected chi connectivity index (χ0v) is 8.39. The maximum Gasteiger partial charge on any atom is 0.377 e. The van der Waals surface area contributed by atoms with E-state index >= 15 is 0 Å². The number of alkyl halides is 2. The minimum atomic E-state index is -3.24. The molecule has 1 unspecified atom stereocenters. The molecule has 1 heterocycles. The van der Waals surface area contributed by atoms with Crippen molar-refractivity contribution in [1.29, 1.82) is 0 Å². The van der Waals surface area contributed by atoms with Crippen molar-refractivity contribution < 1.29 is 18.3 Å². The first-order chi connectivity index (χ1) is 6.56. The summed E-state index contributed by atoms with van der Waals surface area (Å²) in [6, 6.07) is 0. The number of halogens is 2. The molecule has 1 aliphatic rings. The average molecular weight is 206 g/mol. The minimum Gasteiger partial charge on any atom is -0.458 e. The predicted octanol–water partition coefficient (Wildman–Crippen LogP) is 2.91. The molecule has 0 aromatic carbocycles. The summed E-state index contributed by atoms with van der Waals surface area (Å²) in [4.78, 5) is 10.6.